The molecule has 0 aromatic heterocycles. The predicted molar refractivity (Wildman–Crippen MR) is 130 cm³/mol. The number of hydrogen-bond donors (Lipinski definition) is 0. The zero-order valence-corrected chi connectivity index (χ0v) is 20.7. The summed E-state index contributed by atoms with van der Waals surface area (Å²) in [5, 5.41) is 0. The fourth-order valence-electron chi connectivity index (χ4n) is 5.16. The van der Waals surface area contributed by atoms with Gasteiger partial charge in [0.05, 0.1) is 29.8 Å². The maximum atomic E-state index is 15.1. The lowest BCUT2D eigenvalue weighted by atomic mass is 9.88. The second-order valence-electron chi connectivity index (χ2n) is 9.56. The van der Waals surface area contributed by atoms with Crippen molar-refractivity contribution in [2.24, 2.45) is 0 Å². The standard InChI is InChI=1S/C25H28F2N2O6S/c1-36(31,32)34-16-19-15-29(24(30)35-19)18-4-5-20(21(26)14-18)17-3-6-23(22(27)13-17)28-10-8-25(9-11-28)7-2-12-33-25/h3-6,13-14,19H,2,7-12,15-16H2,1H3/t19-/m1/s1. The van der Waals surface area contributed by atoms with Crippen molar-refractivity contribution < 1.29 is 35.6 Å². The maximum Gasteiger partial charge on any atom is 0.414 e. The zero-order valence-electron chi connectivity index (χ0n) is 19.9. The quantitative estimate of drug-likeness (QED) is 0.529. The highest BCUT2D eigenvalue weighted by molar-refractivity contribution is 7.85. The molecule has 1 atom stereocenters. The summed E-state index contributed by atoms with van der Waals surface area (Å²) in [4.78, 5) is 15.4. The number of benzene rings is 2. The van der Waals surface area contributed by atoms with Crippen molar-refractivity contribution in [1.82, 2.24) is 0 Å². The Kier molecular flexibility index (Phi) is 6.65. The minimum Gasteiger partial charge on any atom is -0.441 e. The van der Waals surface area contributed by atoms with Crippen molar-refractivity contribution >= 4 is 27.6 Å². The summed E-state index contributed by atoms with van der Waals surface area (Å²) in [5.74, 6) is -1.04. The lowest BCUT2D eigenvalue weighted by molar-refractivity contribution is -0.0146. The molecule has 0 N–H and O–H groups in total. The number of ether oxygens (including phenoxy) is 2. The predicted octanol–water partition coefficient (Wildman–Crippen LogP) is 4.08. The third-order valence-electron chi connectivity index (χ3n) is 7.07. The Labute approximate surface area is 208 Å². The molecule has 3 fully saturated rings. The molecule has 3 aliphatic rings. The number of rotatable bonds is 6. The summed E-state index contributed by atoms with van der Waals surface area (Å²) in [7, 11) is -3.68. The van der Waals surface area contributed by atoms with Gasteiger partial charge in [-0.2, -0.15) is 8.42 Å². The van der Waals surface area contributed by atoms with Crippen molar-refractivity contribution in [3.05, 3.63) is 48.0 Å². The molecule has 0 bridgehead atoms. The largest absolute Gasteiger partial charge is 0.441 e. The van der Waals surface area contributed by atoms with E-state index in [9.17, 15) is 13.2 Å². The Hall–Kier alpha value is -2.76. The Balaban J connectivity index is 1.27. The van der Waals surface area contributed by atoms with Crippen LogP contribution >= 0.6 is 0 Å². The number of piperidine rings is 1. The minimum atomic E-state index is -3.68. The van der Waals surface area contributed by atoms with Crippen LogP contribution in [0.2, 0.25) is 0 Å². The number of carbonyl (C=O) groups is 1. The van der Waals surface area contributed by atoms with Crippen molar-refractivity contribution in [3.8, 4) is 11.1 Å². The summed E-state index contributed by atoms with van der Waals surface area (Å²) < 4.78 is 68.2. The molecule has 0 radical (unpaired) electrons. The van der Waals surface area contributed by atoms with Crippen molar-refractivity contribution in [2.75, 3.05) is 48.9 Å². The van der Waals surface area contributed by atoms with Gasteiger partial charge in [-0.15, -0.1) is 0 Å². The summed E-state index contributed by atoms with van der Waals surface area (Å²) >= 11 is 0. The molecule has 3 aliphatic heterocycles. The number of amides is 1. The van der Waals surface area contributed by atoms with Gasteiger partial charge in [-0.25, -0.2) is 13.6 Å². The SMILES string of the molecule is CS(=O)(=O)OC[C@H]1CN(c2ccc(-c3ccc(N4CCC5(CCCO5)CC4)c(F)c3)c(F)c2)C(=O)O1. The van der Waals surface area contributed by atoms with Gasteiger partial charge in [0.15, 0.2) is 0 Å². The van der Waals surface area contributed by atoms with Crippen molar-refractivity contribution in [2.45, 2.75) is 37.4 Å². The summed E-state index contributed by atoms with van der Waals surface area (Å²) in [6.45, 7) is 1.91. The number of nitrogens with zero attached hydrogens (tertiary/aromatic N) is 2. The Morgan fingerprint density at radius 2 is 1.86 bits per heavy atom. The van der Waals surface area contributed by atoms with Crippen LogP contribution in [0.1, 0.15) is 25.7 Å². The molecule has 2 aromatic rings. The minimum absolute atomic E-state index is 0.0125. The smallest absolute Gasteiger partial charge is 0.414 e. The van der Waals surface area contributed by atoms with Crippen molar-refractivity contribution in [1.29, 1.82) is 0 Å². The van der Waals surface area contributed by atoms with Crippen LogP contribution in [0.4, 0.5) is 25.0 Å². The molecule has 0 aliphatic carbocycles. The van der Waals surface area contributed by atoms with Gasteiger partial charge < -0.3 is 14.4 Å². The van der Waals surface area contributed by atoms with Gasteiger partial charge in [0.1, 0.15) is 24.3 Å². The van der Waals surface area contributed by atoms with Gasteiger partial charge in [-0.05, 0) is 61.6 Å². The number of carbonyl (C=O) groups excluding carboxylic acids is 1. The summed E-state index contributed by atoms with van der Waals surface area (Å²) in [6.07, 6.45) is 3.23. The van der Waals surface area contributed by atoms with Crippen LogP contribution in [0.25, 0.3) is 11.1 Å². The first-order chi connectivity index (χ1) is 17.1. The second-order valence-corrected chi connectivity index (χ2v) is 11.2. The topological polar surface area (TPSA) is 85.4 Å². The van der Waals surface area contributed by atoms with E-state index in [-0.39, 0.29) is 30.0 Å². The van der Waals surface area contributed by atoms with Crippen LogP contribution in [-0.2, 0) is 23.8 Å². The van der Waals surface area contributed by atoms with Gasteiger partial charge >= 0.3 is 6.09 Å². The average molecular weight is 523 g/mol. The third kappa shape index (κ3) is 5.18. The summed E-state index contributed by atoms with van der Waals surface area (Å²) in [5.41, 5.74) is 1.27. The molecule has 3 heterocycles. The molecule has 1 amide bonds. The van der Waals surface area contributed by atoms with Crippen LogP contribution in [0.3, 0.4) is 0 Å². The first-order valence-corrected chi connectivity index (χ1v) is 13.8. The van der Waals surface area contributed by atoms with Crippen molar-refractivity contribution in [3.63, 3.8) is 0 Å². The highest BCUT2D eigenvalue weighted by Gasteiger charge is 2.39. The maximum absolute atomic E-state index is 15.1. The monoisotopic (exact) mass is 522 g/mol. The van der Waals surface area contributed by atoms with Gasteiger partial charge in [-0.1, -0.05) is 6.07 Å². The van der Waals surface area contributed by atoms with Gasteiger partial charge in [0.2, 0.25) is 0 Å². The highest BCUT2D eigenvalue weighted by Crippen LogP contribution is 2.38. The average Bonchev–Trinajstić information content (AvgIpc) is 3.44. The van der Waals surface area contributed by atoms with Crippen LogP contribution in [-0.4, -0.2) is 65.3 Å². The van der Waals surface area contributed by atoms with E-state index in [1.165, 1.54) is 29.2 Å². The third-order valence-corrected chi connectivity index (χ3v) is 7.63. The molecule has 2 aromatic carbocycles. The molecule has 5 rings (SSSR count). The zero-order chi connectivity index (χ0) is 25.5. The number of halogens is 2. The fraction of sp³-hybridized carbons (Fsp3) is 0.480. The van der Waals surface area contributed by atoms with Crippen LogP contribution in [0.15, 0.2) is 36.4 Å². The molecule has 11 heteroatoms. The number of cyclic esters (lactones) is 1. The van der Waals surface area contributed by atoms with Crippen LogP contribution in [0, 0.1) is 11.6 Å². The Morgan fingerprint density at radius 3 is 2.50 bits per heavy atom. The Morgan fingerprint density at radius 1 is 1.08 bits per heavy atom. The van der Waals surface area contributed by atoms with E-state index in [0.29, 0.717) is 24.3 Å². The van der Waals surface area contributed by atoms with E-state index in [1.54, 1.807) is 12.1 Å². The van der Waals surface area contributed by atoms with E-state index >= 15 is 8.78 Å². The lowest BCUT2D eigenvalue weighted by Gasteiger charge is -2.39. The number of anilines is 2. The Bertz CT molecular complexity index is 1260. The molecule has 1 spiro atoms. The summed E-state index contributed by atoms with van der Waals surface area (Å²) in [6, 6.07) is 8.89. The molecule has 3 saturated heterocycles. The van der Waals surface area contributed by atoms with E-state index in [4.69, 9.17) is 9.47 Å². The normalized spacial score (nSPS) is 21.9. The van der Waals surface area contributed by atoms with Gasteiger partial charge in [0, 0.05) is 25.3 Å². The van der Waals surface area contributed by atoms with E-state index < -0.39 is 33.9 Å². The van der Waals surface area contributed by atoms with Crippen LogP contribution < -0.4 is 9.80 Å². The second kappa shape index (κ2) is 9.60. The van der Waals surface area contributed by atoms with Gasteiger partial charge in [0.25, 0.3) is 10.1 Å². The molecule has 194 valence electrons. The molecular weight excluding hydrogens is 494 g/mol. The first kappa shape index (κ1) is 24.9. The van der Waals surface area contributed by atoms with Crippen LogP contribution in [0.5, 0.6) is 0 Å². The van der Waals surface area contributed by atoms with E-state index in [1.807, 2.05) is 4.90 Å². The molecular formula is C25H28F2N2O6S. The first-order valence-electron chi connectivity index (χ1n) is 11.9. The lowest BCUT2D eigenvalue weighted by Crippen LogP contribution is -2.44. The molecule has 0 unspecified atom stereocenters. The van der Waals surface area contributed by atoms with E-state index in [0.717, 1.165) is 38.5 Å². The highest BCUT2D eigenvalue weighted by atomic mass is 32.2. The van der Waals surface area contributed by atoms with Gasteiger partial charge in [-0.3, -0.25) is 9.08 Å². The molecule has 0 saturated carbocycles. The fourth-order valence-corrected chi connectivity index (χ4v) is 5.56. The van der Waals surface area contributed by atoms with E-state index in [2.05, 4.69) is 4.18 Å². The molecule has 36 heavy (non-hydrogen) atoms. The molecule has 8 nitrogen and oxygen atoms in total. The number of hydrogen-bond acceptors (Lipinski definition) is 7.